The summed E-state index contributed by atoms with van der Waals surface area (Å²) in [5.41, 5.74) is 3.14. The first-order valence-electron chi connectivity index (χ1n) is 6.59. The first kappa shape index (κ1) is 14.8. The minimum Gasteiger partial charge on any atom is -0.497 e. The number of hydrogen-bond acceptors (Lipinski definition) is 3. The SMILES string of the molecule is COc1cc(C)nc(CNC(C)c2ccc(Cl)cc2)c1. The average Bonchev–Trinajstić information content (AvgIpc) is 2.45. The van der Waals surface area contributed by atoms with Crippen LogP contribution in [0.15, 0.2) is 36.4 Å². The summed E-state index contributed by atoms with van der Waals surface area (Å²) in [4.78, 5) is 4.50. The van der Waals surface area contributed by atoms with Gasteiger partial charge in [0.25, 0.3) is 0 Å². The summed E-state index contributed by atoms with van der Waals surface area (Å²) in [6.45, 7) is 4.78. The Hall–Kier alpha value is -1.58. The van der Waals surface area contributed by atoms with Crippen molar-refractivity contribution in [3.63, 3.8) is 0 Å². The van der Waals surface area contributed by atoms with Crippen LogP contribution < -0.4 is 10.1 Å². The van der Waals surface area contributed by atoms with Crippen LogP contribution in [0.3, 0.4) is 0 Å². The summed E-state index contributed by atoms with van der Waals surface area (Å²) in [5.74, 6) is 0.841. The summed E-state index contributed by atoms with van der Waals surface area (Å²) in [6.07, 6.45) is 0. The Labute approximate surface area is 124 Å². The number of aromatic nitrogens is 1. The summed E-state index contributed by atoms with van der Waals surface area (Å²) >= 11 is 5.90. The highest BCUT2D eigenvalue weighted by Crippen LogP contribution is 2.17. The topological polar surface area (TPSA) is 34.1 Å². The molecule has 1 N–H and O–H groups in total. The van der Waals surface area contributed by atoms with Gasteiger partial charge in [0, 0.05) is 35.4 Å². The average molecular weight is 291 g/mol. The van der Waals surface area contributed by atoms with Crippen molar-refractivity contribution in [2.24, 2.45) is 0 Å². The zero-order valence-corrected chi connectivity index (χ0v) is 12.7. The van der Waals surface area contributed by atoms with E-state index in [4.69, 9.17) is 16.3 Å². The summed E-state index contributed by atoms with van der Waals surface area (Å²) in [6, 6.07) is 12.0. The van der Waals surface area contributed by atoms with Crippen LogP contribution in [0.25, 0.3) is 0 Å². The Morgan fingerprint density at radius 1 is 1.25 bits per heavy atom. The van der Waals surface area contributed by atoms with Gasteiger partial charge in [-0.05, 0) is 31.5 Å². The molecular formula is C16H19ClN2O. The Bertz CT molecular complexity index is 569. The lowest BCUT2D eigenvalue weighted by molar-refractivity contribution is 0.412. The van der Waals surface area contributed by atoms with Crippen molar-refractivity contribution in [3.05, 3.63) is 58.4 Å². The molecule has 1 atom stereocenters. The lowest BCUT2D eigenvalue weighted by Gasteiger charge is -2.14. The van der Waals surface area contributed by atoms with E-state index in [1.54, 1.807) is 7.11 Å². The highest BCUT2D eigenvalue weighted by atomic mass is 35.5. The van der Waals surface area contributed by atoms with E-state index in [0.29, 0.717) is 6.54 Å². The van der Waals surface area contributed by atoms with Crippen LogP contribution in [-0.2, 0) is 6.54 Å². The molecule has 0 saturated carbocycles. The van der Waals surface area contributed by atoms with Gasteiger partial charge in [-0.15, -0.1) is 0 Å². The third kappa shape index (κ3) is 3.95. The smallest absolute Gasteiger partial charge is 0.122 e. The maximum atomic E-state index is 5.90. The first-order chi connectivity index (χ1) is 9.58. The highest BCUT2D eigenvalue weighted by molar-refractivity contribution is 6.30. The molecule has 0 amide bonds. The Morgan fingerprint density at radius 3 is 2.60 bits per heavy atom. The fraction of sp³-hybridized carbons (Fsp3) is 0.312. The van der Waals surface area contributed by atoms with Gasteiger partial charge in [0.15, 0.2) is 0 Å². The predicted molar refractivity (Wildman–Crippen MR) is 82.2 cm³/mol. The van der Waals surface area contributed by atoms with Gasteiger partial charge in [-0.1, -0.05) is 23.7 Å². The van der Waals surface area contributed by atoms with Crippen molar-refractivity contribution >= 4 is 11.6 Å². The van der Waals surface area contributed by atoms with Gasteiger partial charge in [0.2, 0.25) is 0 Å². The van der Waals surface area contributed by atoms with E-state index in [-0.39, 0.29) is 6.04 Å². The van der Waals surface area contributed by atoms with Crippen molar-refractivity contribution in [1.29, 1.82) is 0 Å². The number of nitrogens with one attached hydrogen (secondary N) is 1. The molecule has 0 saturated heterocycles. The van der Waals surface area contributed by atoms with E-state index in [2.05, 4.69) is 17.2 Å². The monoisotopic (exact) mass is 290 g/mol. The normalized spacial score (nSPS) is 12.2. The largest absolute Gasteiger partial charge is 0.497 e. The molecule has 0 spiro atoms. The van der Waals surface area contributed by atoms with Crippen LogP contribution in [-0.4, -0.2) is 12.1 Å². The number of halogens is 1. The van der Waals surface area contributed by atoms with Crippen molar-refractivity contribution in [2.75, 3.05) is 7.11 Å². The molecule has 0 aliphatic rings. The van der Waals surface area contributed by atoms with E-state index in [0.717, 1.165) is 22.2 Å². The number of rotatable bonds is 5. The molecule has 1 aromatic heterocycles. The molecule has 2 aromatic rings. The molecule has 1 heterocycles. The van der Waals surface area contributed by atoms with Gasteiger partial charge >= 0.3 is 0 Å². The van der Waals surface area contributed by atoms with Crippen molar-refractivity contribution < 1.29 is 4.74 Å². The molecular weight excluding hydrogens is 272 g/mol. The van der Waals surface area contributed by atoms with Gasteiger partial charge in [0.05, 0.1) is 12.8 Å². The number of hydrogen-bond donors (Lipinski definition) is 1. The number of benzene rings is 1. The third-order valence-corrected chi connectivity index (χ3v) is 3.43. The van der Waals surface area contributed by atoms with Crippen LogP contribution in [0.5, 0.6) is 5.75 Å². The Kier molecular flexibility index (Phi) is 4.99. The fourth-order valence-electron chi connectivity index (χ4n) is 2.04. The van der Waals surface area contributed by atoms with Crippen molar-refractivity contribution in [1.82, 2.24) is 10.3 Å². The lowest BCUT2D eigenvalue weighted by atomic mass is 10.1. The fourth-order valence-corrected chi connectivity index (χ4v) is 2.16. The molecule has 20 heavy (non-hydrogen) atoms. The summed E-state index contributed by atoms with van der Waals surface area (Å²) in [5, 5.41) is 4.21. The maximum Gasteiger partial charge on any atom is 0.122 e. The van der Waals surface area contributed by atoms with Gasteiger partial charge in [-0.3, -0.25) is 4.98 Å². The van der Waals surface area contributed by atoms with Crippen molar-refractivity contribution in [2.45, 2.75) is 26.4 Å². The van der Waals surface area contributed by atoms with E-state index in [1.165, 1.54) is 5.56 Å². The Balaban J connectivity index is 2.01. The second kappa shape index (κ2) is 6.73. The molecule has 106 valence electrons. The van der Waals surface area contributed by atoms with Gasteiger partial charge in [0.1, 0.15) is 5.75 Å². The second-order valence-corrected chi connectivity index (χ2v) is 5.23. The molecule has 1 unspecified atom stereocenters. The second-order valence-electron chi connectivity index (χ2n) is 4.79. The standard InChI is InChI=1S/C16H19ClN2O/c1-11-8-16(20-3)9-15(19-11)10-18-12(2)13-4-6-14(17)7-5-13/h4-9,12,18H,10H2,1-3H3. The maximum absolute atomic E-state index is 5.90. The number of ether oxygens (including phenoxy) is 1. The van der Waals surface area contributed by atoms with Crippen LogP contribution in [0.2, 0.25) is 5.02 Å². The molecule has 0 aliphatic carbocycles. The van der Waals surface area contributed by atoms with Gasteiger partial charge in [-0.25, -0.2) is 0 Å². The predicted octanol–water partition coefficient (Wildman–Crippen LogP) is 3.90. The van der Waals surface area contributed by atoms with E-state index < -0.39 is 0 Å². The Morgan fingerprint density at radius 2 is 1.95 bits per heavy atom. The number of aryl methyl sites for hydroxylation is 1. The van der Waals surface area contributed by atoms with Crippen molar-refractivity contribution in [3.8, 4) is 5.75 Å². The van der Waals surface area contributed by atoms with Gasteiger partial charge < -0.3 is 10.1 Å². The first-order valence-corrected chi connectivity index (χ1v) is 6.96. The zero-order valence-electron chi connectivity index (χ0n) is 12.0. The number of nitrogens with zero attached hydrogens (tertiary/aromatic N) is 1. The van der Waals surface area contributed by atoms with E-state index >= 15 is 0 Å². The molecule has 0 radical (unpaired) electrons. The van der Waals surface area contributed by atoms with Crippen LogP contribution in [0.1, 0.15) is 29.9 Å². The van der Waals surface area contributed by atoms with Crippen LogP contribution in [0.4, 0.5) is 0 Å². The molecule has 1 aromatic carbocycles. The summed E-state index contributed by atoms with van der Waals surface area (Å²) < 4.78 is 5.26. The lowest BCUT2D eigenvalue weighted by Crippen LogP contribution is -2.19. The number of pyridine rings is 1. The third-order valence-electron chi connectivity index (χ3n) is 3.18. The van der Waals surface area contributed by atoms with Crippen LogP contribution in [0, 0.1) is 6.92 Å². The van der Waals surface area contributed by atoms with E-state index in [1.807, 2.05) is 43.3 Å². The van der Waals surface area contributed by atoms with Crippen LogP contribution >= 0.6 is 11.6 Å². The summed E-state index contributed by atoms with van der Waals surface area (Å²) in [7, 11) is 1.67. The van der Waals surface area contributed by atoms with Gasteiger partial charge in [-0.2, -0.15) is 0 Å². The molecule has 0 bridgehead atoms. The minimum absolute atomic E-state index is 0.237. The molecule has 0 aliphatic heterocycles. The zero-order chi connectivity index (χ0) is 14.5. The molecule has 2 rings (SSSR count). The quantitative estimate of drug-likeness (QED) is 0.907. The number of methoxy groups -OCH3 is 1. The van der Waals surface area contributed by atoms with E-state index in [9.17, 15) is 0 Å². The minimum atomic E-state index is 0.237. The molecule has 3 nitrogen and oxygen atoms in total. The molecule has 0 fully saturated rings. The highest BCUT2D eigenvalue weighted by Gasteiger charge is 2.06. The molecule has 4 heteroatoms.